The summed E-state index contributed by atoms with van der Waals surface area (Å²) in [6.45, 7) is 0. The number of nitrogens with one attached hydrogen (secondary N) is 2. The predicted molar refractivity (Wildman–Crippen MR) is 80.6 cm³/mol. The van der Waals surface area contributed by atoms with E-state index in [1.165, 1.54) is 0 Å². The Morgan fingerprint density at radius 1 is 1.14 bits per heavy atom. The Bertz CT molecular complexity index is 611. The second-order valence-corrected chi connectivity index (χ2v) is 8.17. The zero-order chi connectivity index (χ0) is 14.9. The van der Waals surface area contributed by atoms with Crippen LogP contribution in [0.1, 0.15) is 30.9 Å². The average Bonchev–Trinajstić information content (AvgIpc) is 3.22. The molecule has 1 heterocycles. The van der Waals surface area contributed by atoms with Crippen molar-refractivity contribution < 1.29 is 13.2 Å². The van der Waals surface area contributed by atoms with Crippen LogP contribution in [0.3, 0.4) is 0 Å². The molecule has 5 nitrogen and oxygen atoms in total. The Balaban J connectivity index is 1.60. The summed E-state index contributed by atoms with van der Waals surface area (Å²) >= 11 is 0. The minimum absolute atomic E-state index is 0.0178. The van der Waals surface area contributed by atoms with Crippen LogP contribution in [0.5, 0.6) is 0 Å². The molecule has 114 valence electrons. The lowest BCUT2D eigenvalue weighted by Gasteiger charge is -2.20. The van der Waals surface area contributed by atoms with Gasteiger partial charge in [0, 0.05) is 6.04 Å². The number of rotatable bonds is 4. The van der Waals surface area contributed by atoms with Crippen LogP contribution in [-0.4, -0.2) is 32.0 Å². The van der Waals surface area contributed by atoms with Crippen molar-refractivity contribution in [2.75, 3.05) is 11.5 Å². The lowest BCUT2D eigenvalue weighted by Crippen LogP contribution is -2.44. The molecule has 1 saturated heterocycles. The molecule has 0 radical (unpaired) electrons. The SMILES string of the molecule is O=C(NC1CCS(=O)(=O)C1)NC(c1ccccc1)C1CC1. The highest BCUT2D eigenvalue weighted by Crippen LogP contribution is 2.40. The predicted octanol–water partition coefficient (Wildman–Crippen LogP) is 1.62. The Kier molecular flexibility index (Phi) is 3.89. The molecule has 2 atom stereocenters. The van der Waals surface area contributed by atoms with Crippen molar-refractivity contribution in [1.29, 1.82) is 0 Å². The summed E-state index contributed by atoms with van der Waals surface area (Å²) in [5.41, 5.74) is 1.11. The van der Waals surface area contributed by atoms with Crippen LogP contribution in [0.4, 0.5) is 4.79 Å². The number of hydrogen-bond donors (Lipinski definition) is 2. The van der Waals surface area contributed by atoms with Gasteiger partial charge in [-0.1, -0.05) is 30.3 Å². The van der Waals surface area contributed by atoms with Crippen LogP contribution in [0.2, 0.25) is 0 Å². The van der Waals surface area contributed by atoms with Gasteiger partial charge in [-0.05, 0) is 30.7 Å². The molecule has 0 bridgehead atoms. The van der Waals surface area contributed by atoms with Gasteiger partial charge in [0.15, 0.2) is 9.84 Å². The third-order valence-corrected chi connectivity index (χ3v) is 5.87. The first-order chi connectivity index (χ1) is 10.0. The summed E-state index contributed by atoms with van der Waals surface area (Å²) in [4.78, 5) is 12.1. The van der Waals surface area contributed by atoms with Gasteiger partial charge in [0.2, 0.25) is 0 Å². The highest BCUT2D eigenvalue weighted by atomic mass is 32.2. The minimum atomic E-state index is -2.97. The number of sulfone groups is 1. The monoisotopic (exact) mass is 308 g/mol. The molecule has 2 N–H and O–H groups in total. The molecule has 2 aliphatic rings. The molecule has 1 aromatic carbocycles. The molecule has 2 amide bonds. The first-order valence-electron chi connectivity index (χ1n) is 7.36. The molecular weight excluding hydrogens is 288 g/mol. The summed E-state index contributed by atoms with van der Waals surface area (Å²) < 4.78 is 22.8. The quantitative estimate of drug-likeness (QED) is 0.887. The first kappa shape index (κ1) is 14.4. The minimum Gasteiger partial charge on any atom is -0.334 e. The maximum atomic E-state index is 12.1. The topological polar surface area (TPSA) is 75.3 Å². The van der Waals surface area contributed by atoms with Crippen molar-refractivity contribution in [2.45, 2.75) is 31.3 Å². The van der Waals surface area contributed by atoms with E-state index in [9.17, 15) is 13.2 Å². The van der Waals surface area contributed by atoms with E-state index in [1.807, 2.05) is 30.3 Å². The molecule has 2 fully saturated rings. The van der Waals surface area contributed by atoms with E-state index < -0.39 is 9.84 Å². The highest BCUT2D eigenvalue weighted by molar-refractivity contribution is 7.91. The Morgan fingerprint density at radius 2 is 1.86 bits per heavy atom. The zero-order valence-corrected chi connectivity index (χ0v) is 12.6. The van der Waals surface area contributed by atoms with Gasteiger partial charge >= 0.3 is 6.03 Å². The molecule has 1 aliphatic carbocycles. The first-order valence-corrected chi connectivity index (χ1v) is 9.18. The average molecular weight is 308 g/mol. The van der Waals surface area contributed by atoms with Crippen molar-refractivity contribution in [3.8, 4) is 0 Å². The second kappa shape index (κ2) is 5.67. The molecule has 1 saturated carbocycles. The van der Waals surface area contributed by atoms with Crippen molar-refractivity contribution in [3.05, 3.63) is 35.9 Å². The summed E-state index contributed by atoms with van der Waals surface area (Å²) in [6, 6.07) is 9.42. The Hall–Kier alpha value is -1.56. The van der Waals surface area contributed by atoms with Crippen molar-refractivity contribution in [3.63, 3.8) is 0 Å². The number of carbonyl (C=O) groups excluding carboxylic acids is 1. The number of benzene rings is 1. The van der Waals surface area contributed by atoms with Crippen LogP contribution in [0.15, 0.2) is 30.3 Å². The van der Waals surface area contributed by atoms with E-state index in [0.717, 1.165) is 18.4 Å². The van der Waals surface area contributed by atoms with Gasteiger partial charge in [-0.25, -0.2) is 13.2 Å². The molecule has 1 aliphatic heterocycles. The fourth-order valence-corrected chi connectivity index (χ4v) is 4.51. The molecule has 2 unspecified atom stereocenters. The van der Waals surface area contributed by atoms with Gasteiger partial charge in [-0.2, -0.15) is 0 Å². The standard InChI is InChI=1S/C15H20N2O3S/c18-15(16-13-8-9-21(19,20)10-13)17-14(12-6-7-12)11-4-2-1-3-5-11/h1-5,12-14H,6-10H2,(H2,16,17,18). The number of hydrogen-bond acceptors (Lipinski definition) is 3. The Morgan fingerprint density at radius 3 is 2.43 bits per heavy atom. The van der Waals surface area contributed by atoms with E-state index in [0.29, 0.717) is 12.3 Å². The van der Waals surface area contributed by atoms with Gasteiger partial charge in [-0.15, -0.1) is 0 Å². The van der Waals surface area contributed by atoms with E-state index in [-0.39, 0.29) is 29.6 Å². The summed E-state index contributed by atoms with van der Waals surface area (Å²) in [7, 11) is -2.97. The zero-order valence-electron chi connectivity index (χ0n) is 11.8. The maximum Gasteiger partial charge on any atom is 0.315 e. The normalized spacial score (nSPS) is 25.2. The van der Waals surface area contributed by atoms with Crippen molar-refractivity contribution >= 4 is 15.9 Å². The van der Waals surface area contributed by atoms with Crippen LogP contribution in [0.25, 0.3) is 0 Å². The van der Waals surface area contributed by atoms with Crippen molar-refractivity contribution in [2.24, 2.45) is 5.92 Å². The van der Waals surface area contributed by atoms with Crippen LogP contribution in [-0.2, 0) is 9.84 Å². The number of urea groups is 1. The maximum absolute atomic E-state index is 12.1. The fourth-order valence-electron chi connectivity index (χ4n) is 2.84. The van der Waals surface area contributed by atoms with Crippen molar-refractivity contribution in [1.82, 2.24) is 10.6 Å². The number of carbonyl (C=O) groups is 1. The molecular formula is C15H20N2O3S. The largest absolute Gasteiger partial charge is 0.334 e. The molecule has 6 heteroatoms. The number of amides is 2. The lowest BCUT2D eigenvalue weighted by molar-refractivity contribution is 0.232. The summed E-state index contributed by atoms with van der Waals surface area (Å²) in [5, 5.41) is 5.79. The van der Waals surface area contributed by atoms with Crippen LogP contribution < -0.4 is 10.6 Å². The summed E-state index contributed by atoms with van der Waals surface area (Å²) in [6.07, 6.45) is 2.75. The van der Waals surface area contributed by atoms with Crippen LogP contribution >= 0.6 is 0 Å². The molecule has 3 rings (SSSR count). The van der Waals surface area contributed by atoms with E-state index in [4.69, 9.17) is 0 Å². The highest BCUT2D eigenvalue weighted by Gasteiger charge is 2.34. The van der Waals surface area contributed by atoms with E-state index in [1.54, 1.807) is 0 Å². The van der Waals surface area contributed by atoms with E-state index in [2.05, 4.69) is 10.6 Å². The van der Waals surface area contributed by atoms with Gasteiger partial charge in [-0.3, -0.25) is 0 Å². The van der Waals surface area contributed by atoms with Gasteiger partial charge in [0.25, 0.3) is 0 Å². The Labute approximate surface area is 125 Å². The third-order valence-electron chi connectivity index (χ3n) is 4.11. The summed E-state index contributed by atoms with van der Waals surface area (Å²) in [5.74, 6) is 0.716. The smallest absolute Gasteiger partial charge is 0.315 e. The van der Waals surface area contributed by atoms with Gasteiger partial charge in [0.05, 0.1) is 17.5 Å². The van der Waals surface area contributed by atoms with E-state index >= 15 is 0 Å². The third kappa shape index (κ3) is 3.75. The molecule has 1 aromatic rings. The second-order valence-electron chi connectivity index (χ2n) is 5.94. The van der Waals surface area contributed by atoms with Crippen LogP contribution in [0, 0.1) is 5.92 Å². The van der Waals surface area contributed by atoms with Gasteiger partial charge < -0.3 is 10.6 Å². The van der Waals surface area contributed by atoms with Gasteiger partial charge in [0.1, 0.15) is 0 Å². The fraction of sp³-hybridized carbons (Fsp3) is 0.533. The molecule has 0 aromatic heterocycles. The lowest BCUT2D eigenvalue weighted by atomic mass is 10.0. The molecule has 21 heavy (non-hydrogen) atoms. The molecule has 0 spiro atoms.